The summed E-state index contributed by atoms with van der Waals surface area (Å²) in [6, 6.07) is 11.8. The second-order valence-electron chi connectivity index (χ2n) is 6.11. The molecule has 0 radical (unpaired) electrons. The highest BCUT2D eigenvalue weighted by molar-refractivity contribution is 6.31. The number of hydrogen-bond acceptors (Lipinski definition) is 2. The first-order chi connectivity index (χ1) is 11.9. The molecule has 0 saturated carbocycles. The van der Waals surface area contributed by atoms with Crippen LogP contribution in [0.3, 0.4) is 0 Å². The van der Waals surface area contributed by atoms with Crippen molar-refractivity contribution in [3.05, 3.63) is 63.6 Å². The minimum absolute atomic E-state index is 0.124. The highest BCUT2D eigenvalue weighted by atomic mass is 35.5. The highest BCUT2D eigenvalue weighted by Crippen LogP contribution is 2.26. The number of carbonyl (C=O) groups is 2. The molecule has 2 aromatic carbocycles. The van der Waals surface area contributed by atoms with E-state index in [1.165, 1.54) is 0 Å². The lowest BCUT2D eigenvalue weighted by molar-refractivity contribution is -0.124. The zero-order chi connectivity index (χ0) is 18.1. The van der Waals surface area contributed by atoms with Crippen molar-refractivity contribution in [1.29, 1.82) is 0 Å². The summed E-state index contributed by atoms with van der Waals surface area (Å²) < 4.78 is 0. The van der Waals surface area contributed by atoms with Crippen molar-refractivity contribution >= 4 is 40.7 Å². The van der Waals surface area contributed by atoms with E-state index in [9.17, 15) is 9.59 Å². The van der Waals surface area contributed by atoms with Crippen LogP contribution in [0.4, 0.5) is 5.69 Å². The molecule has 25 heavy (non-hydrogen) atoms. The summed E-state index contributed by atoms with van der Waals surface area (Å²) in [6.07, 6.45) is 0. The van der Waals surface area contributed by atoms with E-state index in [4.69, 9.17) is 23.2 Å². The molecule has 1 saturated heterocycles. The van der Waals surface area contributed by atoms with Gasteiger partial charge in [0.25, 0.3) is 5.91 Å². The van der Waals surface area contributed by atoms with Crippen LogP contribution >= 0.6 is 23.2 Å². The van der Waals surface area contributed by atoms with E-state index in [1.54, 1.807) is 47.1 Å². The van der Waals surface area contributed by atoms with E-state index < -0.39 is 6.04 Å². The molecule has 2 aromatic rings. The van der Waals surface area contributed by atoms with Crippen molar-refractivity contribution in [3.63, 3.8) is 0 Å². The predicted molar refractivity (Wildman–Crippen MR) is 100 cm³/mol. The van der Waals surface area contributed by atoms with E-state index >= 15 is 0 Å². The van der Waals surface area contributed by atoms with Crippen LogP contribution in [0.15, 0.2) is 42.5 Å². The number of hydrogen-bond donors (Lipinski definition) is 0. The Balaban J connectivity index is 1.81. The summed E-state index contributed by atoms with van der Waals surface area (Å²) in [7, 11) is 0. The van der Waals surface area contributed by atoms with Gasteiger partial charge in [0, 0.05) is 34.4 Å². The number of nitrogens with zero attached hydrogens (tertiary/aromatic N) is 2. The van der Waals surface area contributed by atoms with Gasteiger partial charge in [0.1, 0.15) is 6.04 Å². The molecule has 1 aliphatic heterocycles. The average molecular weight is 377 g/mol. The van der Waals surface area contributed by atoms with Crippen LogP contribution in [-0.4, -0.2) is 35.8 Å². The van der Waals surface area contributed by atoms with Gasteiger partial charge in [0.05, 0.1) is 0 Å². The van der Waals surface area contributed by atoms with Crippen molar-refractivity contribution in [2.24, 2.45) is 0 Å². The van der Waals surface area contributed by atoms with Gasteiger partial charge < -0.3 is 9.80 Å². The summed E-state index contributed by atoms with van der Waals surface area (Å²) >= 11 is 12.1. The summed E-state index contributed by atoms with van der Waals surface area (Å²) in [5, 5.41) is 1.12. The van der Waals surface area contributed by atoms with Gasteiger partial charge in [0.2, 0.25) is 5.91 Å². The predicted octanol–water partition coefficient (Wildman–Crippen LogP) is 4.18. The highest BCUT2D eigenvalue weighted by Gasteiger charge is 2.35. The van der Waals surface area contributed by atoms with E-state index in [-0.39, 0.29) is 11.8 Å². The Bertz CT molecular complexity index is 838. The largest absolute Gasteiger partial charge is 0.325 e. The molecule has 0 aromatic heterocycles. The number of anilines is 1. The third-order valence-corrected chi connectivity index (χ3v) is 5.10. The molecule has 6 heteroatoms. The van der Waals surface area contributed by atoms with Crippen LogP contribution in [0.2, 0.25) is 10.0 Å². The molecule has 1 heterocycles. The standard InChI is InChI=1S/C19H18Cl2N2O2/c1-12-6-7-16(11-17(12)21)23-9-8-22(13(2)18(23)24)19(25)14-4-3-5-15(20)10-14/h3-7,10-11,13H,8-9H2,1-2H3/t13-/m1/s1. The fraction of sp³-hybridized carbons (Fsp3) is 0.263. The molecule has 3 rings (SSSR count). The molecule has 4 nitrogen and oxygen atoms in total. The summed E-state index contributed by atoms with van der Waals surface area (Å²) in [6.45, 7) is 4.53. The Morgan fingerprint density at radius 2 is 1.88 bits per heavy atom. The monoisotopic (exact) mass is 376 g/mol. The lowest BCUT2D eigenvalue weighted by Crippen LogP contribution is -2.57. The Hall–Kier alpha value is -2.04. The second kappa shape index (κ2) is 7.06. The van der Waals surface area contributed by atoms with E-state index in [0.717, 1.165) is 11.3 Å². The molecule has 0 N–H and O–H groups in total. The minimum Gasteiger partial charge on any atom is -0.325 e. The molecule has 1 fully saturated rings. The Morgan fingerprint density at radius 1 is 1.12 bits per heavy atom. The lowest BCUT2D eigenvalue weighted by Gasteiger charge is -2.39. The topological polar surface area (TPSA) is 40.6 Å². The molecule has 0 aliphatic carbocycles. The SMILES string of the molecule is Cc1ccc(N2CCN(C(=O)c3cccc(Cl)c3)[C@H](C)C2=O)cc1Cl. The van der Waals surface area contributed by atoms with Crippen molar-refractivity contribution < 1.29 is 9.59 Å². The van der Waals surface area contributed by atoms with Gasteiger partial charge >= 0.3 is 0 Å². The third-order valence-electron chi connectivity index (χ3n) is 4.45. The van der Waals surface area contributed by atoms with Crippen molar-refractivity contribution in [1.82, 2.24) is 4.90 Å². The summed E-state index contributed by atoms with van der Waals surface area (Å²) in [4.78, 5) is 28.8. The Morgan fingerprint density at radius 3 is 2.56 bits per heavy atom. The van der Waals surface area contributed by atoms with Crippen molar-refractivity contribution in [3.8, 4) is 0 Å². The first kappa shape index (κ1) is 17.8. The molecule has 2 amide bonds. The zero-order valence-corrected chi connectivity index (χ0v) is 15.5. The van der Waals surface area contributed by atoms with Crippen molar-refractivity contribution in [2.75, 3.05) is 18.0 Å². The van der Waals surface area contributed by atoms with Gasteiger partial charge in [0.15, 0.2) is 0 Å². The molecule has 0 bridgehead atoms. The van der Waals surface area contributed by atoms with E-state index in [0.29, 0.717) is 28.7 Å². The van der Waals surface area contributed by atoms with Crippen LogP contribution in [0.5, 0.6) is 0 Å². The number of amides is 2. The maximum Gasteiger partial charge on any atom is 0.254 e. The number of halogens is 2. The second-order valence-corrected chi connectivity index (χ2v) is 6.95. The molecule has 0 unspecified atom stereocenters. The van der Waals surface area contributed by atoms with Crippen molar-refractivity contribution in [2.45, 2.75) is 19.9 Å². The first-order valence-electron chi connectivity index (χ1n) is 8.02. The van der Waals surface area contributed by atoms with Crippen LogP contribution in [0.1, 0.15) is 22.8 Å². The number of aryl methyl sites for hydroxylation is 1. The van der Waals surface area contributed by atoms with Gasteiger partial charge in [-0.15, -0.1) is 0 Å². The van der Waals surface area contributed by atoms with Gasteiger partial charge in [-0.05, 0) is 49.7 Å². The third kappa shape index (κ3) is 3.51. The summed E-state index contributed by atoms with van der Waals surface area (Å²) in [5.41, 5.74) is 2.20. The number of benzene rings is 2. The fourth-order valence-electron chi connectivity index (χ4n) is 2.94. The molecule has 130 valence electrons. The minimum atomic E-state index is -0.555. The molecular formula is C19H18Cl2N2O2. The van der Waals surface area contributed by atoms with E-state index in [1.807, 2.05) is 19.1 Å². The average Bonchev–Trinajstić information content (AvgIpc) is 2.59. The van der Waals surface area contributed by atoms with Crippen LogP contribution in [0, 0.1) is 6.92 Å². The Kier molecular flexibility index (Phi) is 5.02. The van der Waals surface area contributed by atoms with Gasteiger partial charge in [-0.3, -0.25) is 9.59 Å². The normalized spacial score (nSPS) is 17.8. The van der Waals surface area contributed by atoms with Gasteiger partial charge in [-0.25, -0.2) is 0 Å². The molecular weight excluding hydrogens is 359 g/mol. The fourth-order valence-corrected chi connectivity index (χ4v) is 3.31. The lowest BCUT2D eigenvalue weighted by atomic mass is 10.1. The number of rotatable bonds is 2. The van der Waals surface area contributed by atoms with Gasteiger partial charge in [-0.2, -0.15) is 0 Å². The zero-order valence-electron chi connectivity index (χ0n) is 14.0. The van der Waals surface area contributed by atoms with E-state index in [2.05, 4.69) is 0 Å². The summed E-state index contributed by atoms with van der Waals surface area (Å²) in [5.74, 6) is -0.313. The molecule has 0 spiro atoms. The Labute approximate surface area is 156 Å². The van der Waals surface area contributed by atoms with Crippen LogP contribution < -0.4 is 4.90 Å². The first-order valence-corrected chi connectivity index (χ1v) is 8.78. The maximum atomic E-state index is 12.8. The quantitative estimate of drug-likeness (QED) is 0.788. The number of carbonyl (C=O) groups excluding carboxylic acids is 2. The van der Waals surface area contributed by atoms with Crippen LogP contribution in [-0.2, 0) is 4.79 Å². The molecule has 1 atom stereocenters. The van der Waals surface area contributed by atoms with Gasteiger partial charge in [-0.1, -0.05) is 35.3 Å². The number of piperazine rings is 1. The van der Waals surface area contributed by atoms with Crippen LogP contribution in [0.25, 0.3) is 0 Å². The molecule has 1 aliphatic rings. The maximum absolute atomic E-state index is 12.8. The smallest absolute Gasteiger partial charge is 0.254 e.